The number of nitrogens with zero attached hydrogens (tertiary/aromatic N) is 1. The lowest BCUT2D eigenvalue weighted by Gasteiger charge is -2.47. The van der Waals surface area contributed by atoms with Gasteiger partial charge < -0.3 is 15.6 Å². The zero-order valence-corrected chi connectivity index (χ0v) is 11.9. The van der Waals surface area contributed by atoms with E-state index in [1.54, 1.807) is 0 Å². The highest BCUT2D eigenvalue weighted by Crippen LogP contribution is 2.44. The molecule has 0 saturated carbocycles. The number of thioether (sulfide) groups is 2. The van der Waals surface area contributed by atoms with E-state index in [1.165, 1.54) is 28.4 Å². The third-order valence-electron chi connectivity index (χ3n) is 3.35. The molecule has 9 heteroatoms. The SMILES string of the molecule is N[C@@H]1C(=O)N2C(C(=O)O)=C(SC3CCOC3=O)CS[C@H]12. The molecule has 1 unspecified atom stereocenters. The fraction of sp³-hybridized carbons (Fsp3) is 0.545. The molecule has 108 valence electrons. The van der Waals surface area contributed by atoms with E-state index >= 15 is 0 Å². The van der Waals surface area contributed by atoms with Crippen LogP contribution in [0.5, 0.6) is 0 Å². The molecule has 3 heterocycles. The first-order chi connectivity index (χ1) is 9.50. The Balaban J connectivity index is 1.88. The number of carboxylic acid groups (broad SMARTS) is 1. The molecule has 3 aliphatic rings. The molecular weight excluding hydrogens is 304 g/mol. The molecule has 2 saturated heterocycles. The van der Waals surface area contributed by atoms with Crippen LogP contribution in [0.2, 0.25) is 0 Å². The molecule has 0 aromatic rings. The monoisotopic (exact) mass is 316 g/mol. The van der Waals surface area contributed by atoms with Crippen molar-refractivity contribution in [2.75, 3.05) is 12.4 Å². The highest BCUT2D eigenvalue weighted by atomic mass is 32.2. The summed E-state index contributed by atoms with van der Waals surface area (Å²) in [5, 5.41) is 8.64. The zero-order chi connectivity index (χ0) is 14.4. The van der Waals surface area contributed by atoms with Crippen LogP contribution in [0.3, 0.4) is 0 Å². The maximum atomic E-state index is 11.7. The van der Waals surface area contributed by atoms with E-state index in [0.29, 0.717) is 23.7 Å². The number of fused-ring (bicyclic) bond motifs is 1. The predicted molar refractivity (Wildman–Crippen MR) is 72.7 cm³/mol. The number of esters is 1. The molecule has 3 atom stereocenters. The molecule has 3 N–H and O–H groups in total. The van der Waals surface area contributed by atoms with E-state index in [2.05, 4.69) is 0 Å². The summed E-state index contributed by atoms with van der Waals surface area (Å²) in [5.41, 5.74) is 5.62. The number of amides is 1. The van der Waals surface area contributed by atoms with Gasteiger partial charge in [0.05, 0.1) is 6.61 Å². The molecule has 7 nitrogen and oxygen atoms in total. The Morgan fingerprint density at radius 2 is 2.25 bits per heavy atom. The van der Waals surface area contributed by atoms with Gasteiger partial charge in [0.1, 0.15) is 22.4 Å². The summed E-state index contributed by atoms with van der Waals surface area (Å²) in [6, 6.07) is -0.641. The lowest BCUT2D eigenvalue weighted by atomic mass is 10.1. The fourth-order valence-corrected chi connectivity index (χ4v) is 4.97. The maximum Gasteiger partial charge on any atom is 0.353 e. The number of nitrogens with two attached hydrogens (primary N) is 1. The van der Waals surface area contributed by atoms with Crippen LogP contribution in [0.15, 0.2) is 10.6 Å². The molecule has 0 aromatic carbocycles. The third kappa shape index (κ3) is 2.00. The Kier molecular flexibility index (Phi) is 3.43. The zero-order valence-electron chi connectivity index (χ0n) is 10.3. The highest BCUT2D eigenvalue weighted by molar-refractivity contribution is 8.07. The van der Waals surface area contributed by atoms with Gasteiger partial charge in [-0.25, -0.2) is 4.79 Å². The molecule has 0 aliphatic carbocycles. The molecule has 0 aromatic heterocycles. The Bertz CT molecular complexity index is 535. The smallest absolute Gasteiger partial charge is 0.353 e. The average molecular weight is 316 g/mol. The largest absolute Gasteiger partial charge is 0.477 e. The summed E-state index contributed by atoms with van der Waals surface area (Å²) in [6.45, 7) is 0.357. The second kappa shape index (κ2) is 4.97. The Morgan fingerprint density at radius 3 is 2.85 bits per heavy atom. The quantitative estimate of drug-likeness (QED) is 0.533. The first-order valence-corrected chi connectivity index (χ1v) is 7.93. The van der Waals surface area contributed by atoms with E-state index in [9.17, 15) is 19.5 Å². The molecule has 3 rings (SSSR count). The van der Waals surface area contributed by atoms with Crippen molar-refractivity contribution in [3.63, 3.8) is 0 Å². The molecule has 0 radical (unpaired) electrons. The van der Waals surface area contributed by atoms with Crippen molar-refractivity contribution in [2.45, 2.75) is 23.1 Å². The van der Waals surface area contributed by atoms with Gasteiger partial charge in [-0.15, -0.1) is 23.5 Å². The number of carbonyl (C=O) groups excluding carboxylic acids is 2. The lowest BCUT2D eigenvalue weighted by molar-refractivity contribution is -0.147. The van der Waals surface area contributed by atoms with E-state index in [0.717, 1.165) is 0 Å². The third-order valence-corrected chi connectivity index (χ3v) is 6.17. The van der Waals surface area contributed by atoms with E-state index in [1.807, 2.05) is 0 Å². The summed E-state index contributed by atoms with van der Waals surface area (Å²) in [5.74, 6) is -1.43. The Labute approximate surface area is 122 Å². The average Bonchev–Trinajstić information content (AvgIpc) is 2.82. The van der Waals surface area contributed by atoms with Gasteiger partial charge in [-0.05, 0) is 0 Å². The van der Waals surface area contributed by atoms with Crippen LogP contribution < -0.4 is 5.73 Å². The van der Waals surface area contributed by atoms with Crippen molar-refractivity contribution in [3.05, 3.63) is 10.6 Å². The van der Waals surface area contributed by atoms with Crippen LogP contribution in [0.25, 0.3) is 0 Å². The van der Waals surface area contributed by atoms with Gasteiger partial charge in [0.25, 0.3) is 0 Å². The van der Waals surface area contributed by atoms with Gasteiger partial charge in [-0.3, -0.25) is 14.5 Å². The molecule has 2 fully saturated rings. The molecule has 0 spiro atoms. The number of hydrogen-bond donors (Lipinski definition) is 2. The second-order valence-corrected chi connectivity index (χ2v) is 6.98. The molecule has 20 heavy (non-hydrogen) atoms. The topological polar surface area (TPSA) is 110 Å². The number of carboxylic acids is 1. The minimum Gasteiger partial charge on any atom is -0.477 e. The lowest BCUT2D eigenvalue weighted by Crippen LogP contribution is -2.68. The summed E-state index contributed by atoms with van der Waals surface area (Å²) in [6.07, 6.45) is 0.557. The molecule has 0 bridgehead atoms. The van der Waals surface area contributed by atoms with Crippen LogP contribution in [0.1, 0.15) is 6.42 Å². The molecule has 1 amide bonds. The normalized spacial score (nSPS) is 32.9. The van der Waals surface area contributed by atoms with Crippen LogP contribution in [-0.2, 0) is 19.1 Å². The first-order valence-electron chi connectivity index (χ1n) is 6.00. The Hall–Kier alpha value is -1.19. The number of cyclic esters (lactones) is 1. The number of carbonyl (C=O) groups is 3. The summed E-state index contributed by atoms with van der Waals surface area (Å²) >= 11 is 2.61. The van der Waals surface area contributed by atoms with Gasteiger partial charge in [-0.2, -0.15) is 0 Å². The van der Waals surface area contributed by atoms with Crippen molar-refractivity contribution < 1.29 is 24.2 Å². The maximum absolute atomic E-state index is 11.7. The number of ether oxygens (including phenoxy) is 1. The van der Waals surface area contributed by atoms with Crippen molar-refractivity contribution in [2.24, 2.45) is 5.73 Å². The summed E-state index contributed by atoms with van der Waals surface area (Å²) in [7, 11) is 0. The number of rotatable bonds is 3. The van der Waals surface area contributed by atoms with Crippen molar-refractivity contribution in [3.8, 4) is 0 Å². The van der Waals surface area contributed by atoms with Gasteiger partial charge in [0.15, 0.2) is 0 Å². The molecular formula is C11H12N2O5S2. The van der Waals surface area contributed by atoms with Crippen molar-refractivity contribution in [1.29, 1.82) is 0 Å². The summed E-state index contributed by atoms with van der Waals surface area (Å²) < 4.78 is 4.87. The van der Waals surface area contributed by atoms with Gasteiger partial charge in [-0.1, -0.05) is 0 Å². The van der Waals surface area contributed by atoms with Crippen LogP contribution in [-0.4, -0.2) is 56.9 Å². The highest BCUT2D eigenvalue weighted by Gasteiger charge is 2.52. The van der Waals surface area contributed by atoms with Gasteiger partial charge in [0, 0.05) is 17.1 Å². The van der Waals surface area contributed by atoms with Gasteiger partial charge >= 0.3 is 11.9 Å². The van der Waals surface area contributed by atoms with Crippen molar-refractivity contribution in [1.82, 2.24) is 4.90 Å². The number of hydrogen-bond acceptors (Lipinski definition) is 7. The first kappa shape index (κ1) is 13.8. The minimum absolute atomic E-state index is 0.0369. The second-order valence-electron chi connectivity index (χ2n) is 4.58. The minimum atomic E-state index is -1.16. The Morgan fingerprint density at radius 1 is 1.50 bits per heavy atom. The van der Waals surface area contributed by atoms with E-state index in [4.69, 9.17) is 10.5 Å². The predicted octanol–water partition coefficient (Wildman–Crippen LogP) is -0.426. The standard InChI is InChI=1S/C11H12N2O5S2/c12-6-8(14)13-7(10(15)16)5(3-19-9(6)13)20-4-1-2-18-11(4)17/h4,6,9H,1-3,12H2,(H,15,16)/t4?,6-,9-/m1/s1. The number of β-lactam (4-membered cyclic amide) rings is 1. The van der Waals surface area contributed by atoms with Crippen molar-refractivity contribution >= 4 is 41.4 Å². The van der Waals surface area contributed by atoms with Crippen LogP contribution in [0.4, 0.5) is 0 Å². The van der Waals surface area contributed by atoms with E-state index < -0.39 is 12.0 Å². The van der Waals surface area contributed by atoms with E-state index in [-0.39, 0.29) is 28.2 Å². The summed E-state index contributed by atoms with van der Waals surface area (Å²) in [4.78, 5) is 36.4. The van der Waals surface area contributed by atoms with Gasteiger partial charge in [0.2, 0.25) is 5.91 Å². The fourth-order valence-electron chi connectivity index (χ4n) is 2.33. The van der Waals surface area contributed by atoms with Crippen LogP contribution >= 0.6 is 23.5 Å². The van der Waals surface area contributed by atoms with Crippen LogP contribution in [0, 0.1) is 0 Å². The number of aliphatic carboxylic acids is 1. The molecule has 3 aliphatic heterocycles.